The highest BCUT2D eigenvalue weighted by Gasteiger charge is 2.31. The number of aliphatic hydroxyl groups is 2. The lowest BCUT2D eigenvalue weighted by atomic mass is 9.86. The third kappa shape index (κ3) is 10.5. The van der Waals surface area contributed by atoms with Crippen LogP contribution in [0.3, 0.4) is 0 Å². The zero-order chi connectivity index (χ0) is 23.7. The lowest BCUT2D eigenvalue weighted by Gasteiger charge is -2.32. The van der Waals surface area contributed by atoms with Crippen LogP contribution in [0.1, 0.15) is 32.8 Å². The normalized spacial score (nSPS) is 15.5. The smallest absolute Gasteiger partial charge is 0.277 e. The van der Waals surface area contributed by atoms with E-state index in [1.54, 1.807) is 32.8 Å². The molecule has 0 radical (unpaired) electrons. The van der Waals surface area contributed by atoms with Crippen molar-refractivity contribution in [3.8, 4) is 0 Å². The summed E-state index contributed by atoms with van der Waals surface area (Å²) in [5.41, 5.74) is 0.0235. The van der Waals surface area contributed by atoms with Crippen LogP contribution >= 0.6 is 0 Å². The van der Waals surface area contributed by atoms with Crippen molar-refractivity contribution >= 4 is 16.1 Å². The van der Waals surface area contributed by atoms with Gasteiger partial charge in [-0.1, -0.05) is 43.7 Å². The van der Waals surface area contributed by atoms with Crippen LogP contribution in [-0.4, -0.2) is 80.9 Å². The molecule has 1 amide bonds. The number of likely N-dealkylation sites (N-methyl/N-ethyl adjacent to an activating group) is 1. The number of hydrogen-bond donors (Lipinski definition) is 5. The molecule has 31 heavy (non-hydrogen) atoms. The van der Waals surface area contributed by atoms with Gasteiger partial charge in [-0.2, -0.15) is 17.9 Å². The summed E-state index contributed by atoms with van der Waals surface area (Å²) in [5, 5.41) is 23.0. The molecular weight excluding hydrogens is 420 g/mol. The molecule has 9 nitrogen and oxygen atoms in total. The Hall–Kier alpha value is -1.56. The van der Waals surface area contributed by atoms with Crippen molar-refractivity contribution in [2.45, 2.75) is 51.3 Å². The molecule has 0 fully saturated rings. The van der Waals surface area contributed by atoms with E-state index in [1.165, 1.54) is 0 Å². The number of rotatable bonds is 14. The predicted molar refractivity (Wildman–Crippen MR) is 122 cm³/mol. The SMILES string of the molecule is CCC(Cc1ccccc1)C(NC(=O)CN(C)C)C(O)CNS(=O)(=O)NC(C)(C)CO. The molecule has 0 spiro atoms. The standard InChI is InChI=1S/C21H38N4O5S/c1-6-17(12-16-10-8-7-9-11-16)20(23-19(28)14-25(4)5)18(27)13-22-31(29,30)24-21(2,3)15-26/h7-11,17-18,20,22,24,26-27H,6,12-15H2,1-5H3,(H,23,28). The topological polar surface area (TPSA) is 131 Å². The molecule has 1 aromatic rings. The number of carbonyl (C=O) groups excluding carboxylic acids is 1. The van der Waals surface area contributed by atoms with Gasteiger partial charge in [0.15, 0.2) is 0 Å². The maximum absolute atomic E-state index is 12.4. The summed E-state index contributed by atoms with van der Waals surface area (Å²) in [6.45, 7) is 4.55. The largest absolute Gasteiger partial charge is 0.394 e. The molecule has 0 saturated heterocycles. The Balaban J connectivity index is 2.96. The van der Waals surface area contributed by atoms with Crippen molar-refractivity contribution in [2.75, 3.05) is 33.8 Å². The number of nitrogens with zero attached hydrogens (tertiary/aromatic N) is 1. The second-order valence-corrected chi connectivity index (χ2v) is 10.3. The summed E-state index contributed by atoms with van der Waals surface area (Å²) >= 11 is 0. The van der Waals surface area contributed by atoms with Crippen molar-refractivity contribution in [2.24, 2.45) is 5.92 Å². The van der Waals surface area contributed by atoms with Crippen molar-refractivity contribution in [3.63, 3.8) is 0 Å². The molecule has 3 atom stereocenters. The van der Waals surface area contributed by atoms with E-state index >= 15 is 0 Å². The van der Waals surface area contributed by atoms with Crippen molar-refractivity contribution in [1.82, 2.24) is 19.7 Å². The predicted octanol–water partition coefficient (Wildman–Crippen LogP) is -0.142. The van der Waals surface area contributed by atoms with Crippen LogP contribution < -0.4 is 14.8 Å². The molecule has 0 aliphatic heterocycles. The van der Waals surface area contributed by atoms with E-state index in [4.69, 9.17) is 0 Å². The van der Waals surface area contributed by atoms with Crippen LogP contribution in [0.15, 0.2) is 30.3 Å². The first-order valence-electron chi connectivity index (χ1n) is 10.4. The van der Waals surface area contributed by atoms with Crippen LogP contribution in [0.5, 0.6) is 0 Å². The third-order valence-electron chi connectivity index (χ3n) is 4.86. The first-order valence-corrected chi connectivity index (χ1v) is 11.9. The minimum atomic E-state index is -3.96. The highest BCUT2D eigenvalue weighted by molar-refractivity contribution is 7.87. The van der Waals surface area contributed by atoms with Gasteiger partial charge >= 0.3 is 0 Å². The Morgan fingerprint density at radius 1 is 1.19 bits per heavy atom. The number of carbonyl (C=O) groups is 1. The molecule has 0 saturated carbocycles. The molecule has 0 aliphatic carbocycles. The summed E-state index contributed by atoms with van der Waals surface area (Å²) < 4.78 is 29.2. The second-order valence-electron chi connectivity index (χ2n) is 8.75. The summed E-state index contributed by atoms with van der Waals surface area (Å²) in [6, 6.07) is 9.10. The van der Waals surface area contributed by atoms with Gasteiger partial charge in [-0.05, 0) is 45.8 Å². The maximum atomic E-state index is 12.4. The van der Waals surface area contributed by atoms with E-state index in [0.29, 0.717) is 12.8 Å². The number of amides is 1. The first kappa shape index (κ1) is 27.5. The van der Waals surface area contributed by atoms with E-state index in [1.807, 2.05) is 37.3 Å². The summed E-state index contributed by atoms with van der Waals surface area (Å²) in [4.78, 5) is 14.1. The lowest BCUT2D eigenvalue weighted by molar-refractivity contribution is -0.123. The van der Waals surface area contributed by atoms with Crippen molar-refractivity contribution < 1.29 is 23.4 Å². The number of hydrogen-bond acceptors (Lipinski definition) is 6. The Kier molecular flexibility index (Phi) is 11.1. The summed E-state index contributed by atoms with van der Waals surface area (Å²) in [5.74, 6) is -0.349. The molecule has 3 unspecified atom stereocenters. The van der Waals surface area contributed by atoms with Gasteiger partial charge in [0.25, 0.3) is 10.2 Å². The van der Waals surface area contributed by atoms with E-state index in [-0.39, 0.29) is 31.5 Å². The molecule has 1 aromatic carbocycles. The van der Waals surface area contributed by atoms with Gasteiger partial charge in [0.05, 0.1) is 30.8 Å². The first-order chi connectivity index (χ1) is 14.4. The Morgan fingerprint density at radius 2 is 1.81 bits per heavy atom. The molecular formula is C21H38N4O5S. The molecule has 0 aromatic heterocycles. The fourth-order valence-corrected chi connectivity index (χ4v) is 4.50. The lowest BCUT2D eigenvalue weighted by Crippen LogP contribution is -2.56. The molecule has 1 rings (SSSR count). The van der Waals surface area contributed by atoms with Crippen LogP contribution in [-0.2, 0) is 21.4 Å². The van der Waals surface area contributed by atoms with Gasteiger partial charge in [0, 0.05) is 6.54 Å². The van der Waals surface area contributed by atoms with E-state index < -0.39 is 27.9 Å². The third-order valence-corrected chi connectivity index (χ3v) is 6.23. The summed E-state index contributed by atoms with van der Waals surface area (Å²) in [7, 11) is -0.414. The Bertz CT molecular complexity index is 771. The van der Waals surface area contributed by atoms with Crippen molar-refractivity contribution in [1.29, 1.82) is 0 Å². The number of benzene rings is 1. The molecule has 0 bridgehead atoms. The Morgan fingerprint density at radius 3 is 2.32 bits per heavy atom. The van der Waals surface area contributed by atoms with E-state index in [0.717, 1.165) is 5.56 Å². The van der Waals surface area contributed by atoms with Crippen molar-refractivity contribution in [3.05, 3.63) is 35.9 Å². The van der Waals surface area contributed by atoms with Crippen LogP contribution in [0.25, 0.3) is 0 Å². The molecule has 10 heteroatoms. The van der Waals surface area contributed by atoms with Gasteiger partial charge < -0.3 is 20.4 Å². The fraction of sp³-hybridized carbons (Fsp3) is 0.667. The van der Waals surface area contributed by atoms with Gasteiger partial charge in [0.2, 0.25) is 5.91 Å². The molecule has 0 aliphatic rings. The van der Waals surface area contributed by atoms with Gasteiger partial charge in [-0.25, -0.2) is 0 Å². The maximum Gasteiger partial charge on any atom is 0.277 e. The van der Waals surface area contributed by atoms with Crippen LogP contribution in [0.2, 0.25) is 0 Å². The van der Waals surface area contributed by atoms with Crippen LogP contribution in [0.4, 0.5) is 0 Å². The number of aliphatic hydroxyl groups excluding tert-OH is 2. The minimum Gasteiger partial charge on any atom is -0.394 e. The van der Waals surface area contributed by atoms with E-state index in [2.05, 4.69) is 14.8 Å². The molecule has 0 heterocycles. The highest BCUT2D eigenvalue weighted by atomic mass is 32.2. The highest BCUT2D eigenvalue weighted by Crippen LogP contribution is 2.19. The van der Waals surface area contributed by atoms with Gasteiger partial charge in [-0.3, -0.25) is 4.79 Å². The molecule has 5 N–H and O–H groups in total. The fourth-order valence-electron chi connectivity index (χ4n) is 3.24. The Labute approximate surface area is 186 Å². The zero-order valence-electron chi connectivity index (χ0n) is 19.1. The summed E-state index contributed by atoms with van der Waals surface area (Å²) in [6.07, 6.45) is 0.166. The second kappa shape index (κ2) is 12.5. The monoisotopic (exact) mass is 458 g/mol. The zero-order valence-corrected chi connectivity index (χ0v) is 19.9. The number of nitrogens with one attached hydrogen (secondary N) is 3. The van der Waals surface area contributed by atoms with E-state index in [9.17, 15) is 23.4 Å². The average Bonchev–Trinajstić information content (AvgIpc) is 2.68. The van der Waals surface area contributed by atoms with Gasteiger partial charge in [0.1, 0.15) is 0 Å². The quantitative estimate of drug-likeness (QED) is 0.264. The average molecular weight is 459 g/mol. The van der Waals surface area contributed by atoms with Gasteiger partial charge in [-0.15, -0.1) is 0 Å². The molecule has 178 valence electrons. The minimum absolute atomic E-state index is 0.102. The van der Waals surface area contributed by atoms with Crippen LogP contribution in [0, 0.1) is 5.92 Å².